The lowest BCUT2D eigenvalue weighted by molar-refractivity contribution is -0.140. The summed E-state index contributed by atoms with van der Waals surface area (Å²) in [4.78, 5) is 27.6. The van der Waals surface area contributed by atoms with E-state index in [1.54, 1.807) is 37.3 Å². The van der Waals surface area contributed by atoms with Crippen LogP contribution in [-0.4, -0.2) is 63.2 Å². The number of benzene rings is 2. The van der Waals surface area contributed by atoms with Gasteiger partial charge in [-0.25, -0.2) is 8.42 Å². The Morgan fingerprint density at radius 3 is 2.38 bits per heavy atom. The smallest absolute Gasteiger partial charge is 0.242 e. The third kappa shape index (κ3) is 7.75. The normalized spacial score (nSPS) is 13.7. The molecule has 3 rings (SSSR count). The number of halogens is 1. The molecule has 0 saturated heterocycles. The van der Waals surface area contributed by atoms with Crippen molar-refractivity contribution in [1.82, 2.24) is 10.2 Å². The van der Waals surface area contributed by atoms with E-state index < -0.39 is 16.1 Å². The average molecular weight is 552 g/mol. The lowest BCUT2D eigenvalue weighted by Crippen LogP contribution is -2.49. The maximum Gasteiger partial charge on any atom is 0.242 e. The van der Waals surface area contributed by atoms with Gasteiger partial charge < -0.3 is 19.7 Å². The first-order valence-electron chi connectivity index (χ1n) is 12.2. The van der Waals surface area contributed by atoms with Gasteiger partial charge >= 0.3 is 0 Å². The molecule has 2 amide bonds. The van der Waals surface area contributed by atoms with Crippen molar-refractivity contribution in [2.45, 2.75) is 52.2 Å². The van der Waals surface area contributed by atoms with Crippen LogP contribution in [0.2, 0.25) is 5.02 Å². The molecular weight excluding hydrogens is 518 g/mol. The molecule has 1 aliphatic rings. The minimum Gasteiger partial charge on any atom is -0.486 e. The number of amides is 2. The molecule has 2 aromatic carbocycles. The van der Waals surface area contributed by atoms with Gasteiger partial charge in [0.2, 0.25) is 21.8 Å². The molecule has 0 fully saturated rings. The zero-order valence-corrected chi connectivity index (χ0v) is 23.1. The van der Waals surface area contributed by atoms with E-state index in [1.807, 2.05) is 26.0 Å². The van der Waals surface area contributed by atoms with Crippen LogP contribution in [0.3, 0.4) is 0 Å². The Bertz CT molecular complexity index is 1220. The van der Waals surface area contributed by atoms with E-state index in [4.69, 9.17) is 21.1 Å². The number of fused-ring (bicyclic) bond motifs is 1. The van der Waals surface area contributed by atoms with Crippen LogP contribution in [-0.2, 0) is 26.2 Å². The van der Waals surface area contributed by atoms with Crippen LogP contribution < -0.4 is 19.1 Å². The average Bonchev–Trinajstić information content (AvgIpc) is 2.84. The van der Waals surface area contributed by atoms with Gasteiger partial charge in [-0.05, 0) is 51.0 Å². The topological polar surface area (TPSA) is 105 Å². The van der Waals surface area contributed by atoms with Crippen LogP contribution in [0.25, 0.3) is 0 Å². The summed E-state index contributed by atoms with van der Waals surface area (Å²) in [5, 5.41) is 3.34. The Morgan fingerprint density at radius 1 is 1.05 bits per heavy atom. The first kappa shape index (κ1) is 28.6. The Kier molecular flexibility index (Phi) is 9.67. The highest BCUT2D eigenvalue weighted by molar-refractivity contribution is 7.92. The second-order valence-corrected chi connectivity index (χ2v) is 11.5. The van der Waals surface area contributed by atoms with E-state index >= 15 is 0 Å². The first-order chi connectivity index (χ1) is 17.5. The standard InChI is InChI=1S/C26H34ClN3O6S/c1-18(2)28-26(32)19(3)29(17-20-8-5-6-9-22(20)27)25(31)10-7-13-30(37(4,33)34)21-11-12-23-24(16-21)36-15-14-35-23/h5-6,8-9,11-12,16,18-19H,7,10,13-15,17H2,1-4H3,(H,28,32)/t19-/m0/s1. The van der Waals surface area contributed by atoms with Crippen molar-refractivity contribution in [2.75, 3.05) is 30.3 Å². The number of nitrogens with zero attached hydrogens (tertiary/aromatic N) is 2. The molecule has 0 spiro atoms. The van der Waals surface area contributed by atoms with Crippen LogP contribution in [0.5, 0.6) is 11.5 Å². The number of nitrogens with one attached hydrogen (secondary N) is 1. The summed E-state index contributed by atoms with van der Waals surface area (Å²) in [7, 11) is -3.63. The van der Waals surface area contributed by atoms with Gasteiger partial charge in [-0.3, -0.25) is 13.9 Å². The zero-order valence-electron chi connectivity index (χ0n) is 21.6. The van der Waals surface area contributed by atoms with Crippen molar-refractivity contribution < 1.29 is 27.5 Å². The number of carbonyl (C=O) groups excluding carboxylic acids is 2. The second-order valence-electron chi connectivity index (χ2n) is 9.22. The van der Waals surface area contributed by atoms with Gasteiger partial charge in [0.25, 0.3) is 0 Å². The fraction of sp³-hybridized carbons (Fsp3) is 0.462. The number of hydrogen-bond donors (Lipinski definition) is 1. The number of ether oxygens (including phenoxy) is 2. The highest BCUT2D eigenvalue weighted by atomic mass is 35.5. The Balaban J connectivity index is 1.74. The van der Waals surface area contributed by atoms with Crippen molar-refractivity contribution in [3.8, 4) is 11.5 Å². The lowest BCUT2D eigenvalue weighted by atomic mass is 10.1. The maximum atomic E-state index is 13.3. The van der Waals surface area contributed by atoms with Crippen molar-refractivity contribution in [3.05, 3.63) is 53.1 Å². The molecule has 1 heterocycles. The van der Waals surface area contributed by atoms with Gasteiger partial charge in [0.05, 0.1) is 11.9 Å². The number of hydrogen-bond acceptors (Lipinski definition) is 6. The molecule has 37 heavy (non-hydrogen) atoms. The summed E-state index contributed by atoms with van der Waals surface area (Å²) in [6.45, 7) is 6.42. The molecule has 9 nitrogen and oxygen atoms in total. The fourth-order valence-corrected chi connectivity index (χ4v) is 5.14. The van der Waals surface area contributed by atoms with Gasteiger partial charge in [-0.2, -0.15) is 0 Å². The van der Waals surface area contributed by atoms with E-state index in [0.29, 0.717) is 35.4 Å². The van der Waals surface area contributed by atoms with E-state index in [9.17, 15) is 18.0 Å². The molecule has 11 heteroatoms. The third-order valence-corrected chi connectivity index (χ3v) is 7.43. The molecule has 202 valence electrons. The van der Waals surface area contributed by atoms with Gasteiger partial charge in [0.1, 0.15) is 19.3 Å². The molecule has 0 saturated carbocycles. The van der Waals surface area contributed by atoms with E-state index in [2.05, 4.69) is 5.32 Å². The fourth-order valence-electron chi connectivity index (χ4n) is 3.99. The molecule has 0 aliphatic carbocycles. The quantitative estimate of drug-likeness (QED) is 0.457. The highest BCUT2D eigenvalue weighted by Gasteiger charge is 2.28. The molecule has 0 bridgehead atoms. The molecule has 2 aromatic rings. The van der Waals surface area contributed by atoms with Gasteiger partial charge in [-0.15, -0.1) is 0 Å². The molecule has 1 aliphatic heterocycles. The maximum absolute atomic E-state index is 13.3. The number of sulfonamides is 1. The van der Waals surface area contributed by atoms with Crippen LogP contribution in [0.4, 0.5) is 5.69 Å². The van der Waals surface area contributed by atoms with Gasteiger partial charge in [0.15, 0.2) is 11.5 Å². The van der Waals surface area contributed by atoms with Crippen LogP contribution >= 0.6 is 11.6 Å². The minimum absolute atomic E-state index is 0.0420. The van der Waals surface area contributed by atoms with Crippen molar-refractivity contribution >= 4 is 39.1 Å². The summed E-state index contributed by atoms with van der Waals surface area (Å²) in [6.07, 6.45) is 1.41. The number of anilines is 1. The Hall–Kier alpha value is -2.98. The zero-order chi connectivity index (χ0) is 27.2. The van der Waals surface area contributed by atoms with Crippen molar-refractivity contribution in [1.29, 1.82) is 0 Å². The van der Waals surface area contributed by atoms with Crippen LogP contribution in [0.15, 0.2) is 42.5 Å². The number of rotatable bonds is 11. The van der Waals surface area contributed by atoms with Gasteiger partial charge in [0, 0.05) is 36.6 Å². The second kappa shape index (κ2) is 12.5. The van der Waals surface area contributed by atoms with Crippen LogP contribution in [0, 0.1) is 0 Å². The Morgan fingerprint density at radius 2 is 1.73 bits per heavy atom. The molecule has 0 radical (unpaired) electrons. The van der Waals surface area contributed by atoms with E-state index in [1.165, 1.54) is 9.21 Å². The first-order valence-corrected chi connectivity index (χ1v) is 14.4. The summed E-state index contributed by atoms with van der Waals surface area (Å²) in [5.74, 6) is 0.485. The summed E-state index contributed by atoms with van der Waals surface area (Å²) >= 11 is 6.32. The summed E-state index contributed by atoms with van der Waals surface area (Å²) < 4.78 is 37.5. The molecule has 1 atom stereocenters. The third-order valence-electron chi connectivity index (χ3n) is 5.86. The van der Waals surface area contributed by atoms with Gasteiger partial charge in [-0.1, -0.05) is 29.8 Å². The highest BCUT2D eigenvalue weighted by Crippen LogP contribution is 2.34. The summed E-state index contributed by atoms with van der Waals surface area (Å²) in [5.41, 5.74) is 1.15. The Labute approximate surface area is 223 Å². The number of carbonyl (C=O) groups is 2. The largest absolute Gasteiger partial charge is 0.486 e. The van der Waals surface area contributed by atoms with Crippen LogP contribution in [0.1, 0.15) is 39.2 Å². The van der Waals surface area contributed by atoms with Crippen molar-refractivity contribution in [3.63, 3.8) is 0 Å². The predicted octanol–water partition coefficient (Wildman–Crippen LogP) is 3.60. The molecule has 1 N–H and O–H groups in total. The monoisotopic (exact) mass is 551 g/mol. The molecular formula is C26H34ClN3O6S. The SMILES string of the molecule is CC(C)NC(=O)[C@H](C)N(Cc1ccccc1Cl)C(=O)CCCN(c1ccc2c(c1)OCCO2)S(C)(=O)=O. The molecule has 0 aromatic heterocycles. The lowest BCUT2D eigenvalue weighted by Gasteiger charge is -2.30. The summed E-state index contributed by atoms with van der Waals surface area (Å²) in [6, 6.07) is 11.3. The van der Waals surface area contributed by atoms with Crippen molar-refractivity contribution in [2.24, 2.45) is 0 Å². The predicted molar refractivity (Wildman–Crippen MR) is 144 cm³/mol. The molecule has 0 unspecified atom stereocenters. The minimum atomic E-state index is -3.63. The van der Waals surface area contributed by atoms with E-state index in [-0.39, 0.29) is 43.8 Å². The van der Waals surface area contributed by atoms with E-state index in [0.717, 1.165) is 11.8 Å².